The topological polar surface area (TPSA) is 72.2 Å². The van der Waals surface area contributed by atoms with Gasteiger partial charge in [-0.1, -0.05) is 33.8 Å². The molecule has 5 heteroatoms. The highest BCUT2D eigenvalue weighted by Crippen LogP contribution is 2.50. The van der Waals surface area contributed by atoms with Crippen molar-refractivity contribution in [2.75, 3.05) is 33.3 Å². The van der Waals surface area contributed by atoms with Gasteiger partial charge < -0.3 is 25.8 Å². The summed E-state index contributed by atoms with van der Waals surface area (Å²) in [5, 5.41) is 18.7. The zero-order chi connectivity index (χ0) is 21.7. The number of ether oxygens (including phenoxy) is 1. The van der Waals surface area contributed by atoms with E-state index in [9.17, 15) is 0 Å². The summed E-state index contributed by atoms with van der Waals surface area (Å²) in [6.07, 6.45) is 10.7. The minimum absolute atomic E-state index is 0.345. The van der Waals surface area contributed by atoms with Crippen molar-refractivity contribution in [1.29, 1.82) is 10.8 Å². The molecule has 1 heterocycles. The Kier molecular flexibility index (Phi) is 8.24. The van der Waals surface area contributed by atoms with Crippen molar-refractivity contribution in [2.45, 2.75) is 66.4 Å². The van der Waals surface area contributed by atoms with Crippen molar-refractivity contribution in [2.24, 2.45) is 16.7 Å². The maximum absolute atomic E-state index is 8.09. The summed E-state index contributed by atoms with van der Waals surface area (Å²) in [6.45, 7) is 15.3. The monoisotopic (exact) mass is 402 g/mol. The van der Waals surface area contributed by atoms with Crippen molar-refractivity contribution in [3.63, 3.8) is 0 Å². The Hall–Kier alpha value is -1.46. The fourth-order valence-corrected chi connectivity index (χ4v) is 4.28. The highest BCUT2D eigenvalue weighted by atomic mass is 16.5. The van der Waals surface area contributed by atoms with Gasteiger partial charge in [-0.15, -0.1) is 0 Å². The van der Waals surface area contributed by atoms with Gasteiger partial charge in [0.25, 0.3) is 0 Å². The van der Waals surface area contributed by atoms with Gasteiger partial charge in [-0.2, -0.15) is 0 Å². The van der Waals surface area contributed by atoms with E-state index >= 15 is 0 Å². The van der Waals surface area contributed by atoms with Crippen molar-refractivity contribution in [3.05, 3.63) is 23.9 Å². The maximum atomic E-state index is 8.09. The van der Waals surface area contributed by atoms with Crippen LogP contribution in [0.2, 0.25) is 0 Å². The molecule has 29 heavy (non-hydrogen) atoms. The maximum Gasteiger partial charge on any atom is 0.0655 e. The first kappa shape index (κ1) is 23.8. The number of hydrogen-bond acceptors (Lipinski definition) is 5. The van der Waals surface area contributed by atoms with E-state index < -0.39 is 0 Å². The van der Waals surface area contributed by atoms with Gasteiger partial charge in [0, 0.05) is 31.1 Å². The molecule has 2 aliphatic rings. The minimum Gasteiger partial charge on any atom is -0.393 e. The van der Waals surface area contributed by atoms with Gasteiger partial charge in [0.2, 0.25) is 0 Å². The molecule has 5 nitrogen and oxygen atoms in total. The van der Waals surface area contributed by atoms with Gasteiger partial charge in [0.1, 0.15) is 0 Å². The summed E-state index contributed by atoms with van der Waals surface area (Å²) < 4.78 is 6.01. The molecule has 2 rings (SSSR count). The van der Waals surface area contributed by atoms with Crippen LogP contribution in [-0.2, 0) is 4.74 Å². The molecule has 1 unspecified atom stereocenters. The molecule has 164 valence electrons. The molecule has 0 amide bonds. The fourth-order valence-electron chi connectivity index (χ4n) is 4.28. The zero-order valence-corrected chi connectivity index (χ0v) is 19.4. The van der Waals surface area contributed by atoms with E-state index in [1.807, 2.05) is 6.08 Å². The van der Waals surface area contributed by atoms with E-state index in [-0.39, 0.29) is 0 Å². The first-order valence-electron chi connectivity index (χ1n) is 11.1. The first-order valence-corrected chi connectivity index (χ1v) is 11.1. The molecule has 0 radical (unpaired) electrons. The molecule has 0 aromatic rings. The second kappa shape index (κ2) is 10.0. The van der Waals surface area contributed by atoms with Crippen LogP contribution in [0.15, 0.2) is 23.9 Å². The molecular weight excluding hydrogens is 360 g/mol. The Balaban J connectivity index is 1.67. The van der Waals surface area contributed by atoms with E-state index in [4.69, 9.17) is 15.6 Å². The van der Waals surface area contributed by atoms with Gasteiger partial charge in [0.15, 0.2) is 0 Å². The normalized spacial score (nSPS) is 21.9. The van der Waals surface area contributed by atoms with Gasteiger partial charge in [-0.05, 0) is 68.5 Å². The molecule has 2 fully saturated rings. The lowest BCUT2D eigenvalue weighted by atomic mass is 9.61. The third-order valence-electron chi connectivity index (χ3n) is 6.94. The smallest absolute Gasteiger partial charge is 0.0655 e. The van der Waals surface area contributed by atoms with E-state index in [0.717, 1.165) is 5.92 Å². The number of likely N-dealkylation sites (tertiary alicyclic amines) is 1. The number of nitrogens with one attached hydrogen (secondary N) is 3. The summed E-state index contributed by atoms with van der Waals surface area (Å²) in [5.74, 6) is 0.722. The van der Waals surface area contributed by atoms with Crippen LogP contribution in [-0.4, -0.2) is 55.7 Å². The second-order valence-electron chi connectivity index (χ2n) is 10.2. The summed E-state index contributed by atoms with van der Waals surface area (Å²) >= 11 is 0. The molecule has 1 spiro atoms. The molecule has 0 aromatic heterocycles. The summed E-state index contributed by atoms with van der Waals surface area (Å²) in [7, 11) is 1.78. The van der Waals surface area contributed by atoms with Crippen molar-refractivity contribution < 1.29 is 4.74 Å². The van der Waals surface area contributed by atoms with Gasteiger partial charge in [-0.3, -0.25) is 0 Å². The van der Waals surface area contributed by atoms with E-state index in [2.05, 4.69) is 37.9 Å². The lowest BCUT2D eigenvalue weighted by Gasteiger charge is -2.52. The highest BCUT2D eigenvalue weighted by molar-refractivity contribution is 6.25. The van der Waals surface area contributed by atoms with Crippen LogP contribution in [0.4, 0.5) is 0 Å². The van der Waals surface area contributed by atoms with E-state index in [1.54, 1.807) is 26.2 Å². The minimum atomic E-state index is 0.345. The lowest BCUT2D eigenvalue weighted by Crippen LogP contribution is -2.51. The second-order valence-corrected chi connectivity index (χ2v) is 10.2. The van der Waals surface area contributed by atoms with Crippen LogP contribution in [0.1, 0.15) is 60.3 Å². The summed E-state index contributed by atoms with van der Waals surface area (Å²) in [5.41, 5.74) is 2.24. The summed E-state index contributed by atoms with van der Waals surface area (Å²) in [6, 6.07) is 0. The average molecular weight is 403 g/mol. The molecule has 1 aliphatic carbocycles. The highest BCUT2D eigenvalue weighted by Gasteiger charge is 2.46. The molecule has 3 N–H and O–H groups in total. The van der Waals surface area contributed by atoms with E-state index in [1.165, 1.54) is 45.3 Å². The van der Waals surface area contributed by atoms with Crippen LogP contribution >= 0.6 is 0 Å². The van der Waals surface area contributed by atoms with Crippen LogP contribution in [0.3, 0.4) is 0 Å². The van der Waals surface area contributed by atoms with Crippen LogP contribution in [0, 0.1) is 27.6 Å². The zero-order valence-electron chi connectivity index (χ0n) is 19.4. The quantitative estimate of drug-likeness (QED) is 0.492. The Bertz CT molecular complexity index is 628. The van der Waals surface area contributed by atoms with Crippen molar-refractivity contribution in [1.82, 2.24) is 10.2 Å². The number of rotatable bonds is 9. The van der Waals surface area contributed by atoms with E-state index in [0.29, 0.717) is 40.5 Å². The molecule has 1 aliphatic heterocycles. The Morgan fingerprint density at radius 1 is 1.24 bits per heavy atom. The third-order valence-corrected chi connectivity index (χ3v) is 6.94. The van der Waals surface area contributed by atoms with Gasteiger partial charge in [-0.25, -0.2) is 0 Å². The van der Waals surface area contributed by atoms with Gasteiger partial charge in [0.05, 0.1) is 18.4 Å². The van der Waals surface area contributed by atoms with Crippen LogP contribution < -0.4 is 5.32 Å². The lowest BCUT2D eigenvalue weighted by molar-refractivity contribution is -0.0990. The molecule has 1 saturated carbocycles. The van der Waals surface area contributed by atoms with Crippen LogP contribution in [0.5, 0.6) is 0 Å². The molecular formula is C24H42N4O. The molecule has 0 bridgehead atoms. The molecule has 0 aromatic carbocycles. The Morgan fingerprint density at radius 3 is 2.38 bits per heavy atom. The average Bonchev–Trinajstić information content (AvgIpc) is 2.61. The van der Waals surface area contributed by atoms with Gasteiger partial charge >= 0.3 is 0 Å². The largest absolute Gasteiger partial charge is 0.393 e. The Labute approximate surface area is 178 Å². The van der Waals surface area contributed by atoms with Crippen molar-refractivity contribution in [3.8, 4) is 0 Å². The number of allylic oxidation sites excluding steroid dienone is 2. The third kappa shape index (κ3) is 6.78. The molecule has 1 saturated heterocycles. The summed E-state index contributed by atoms with van der Waals surface area (Å²) in [4.78, 5) is 2.66. The predicted octanol–water partition coefficient (Wildman–Crippen LogP) is 4.65. The predicted molar refractivity (Wildman–Crippen MR) is 123 cm³/mol. The molecule has 1 atom stereocenters. The fraction of sp³-hybridized carbons (Fsp3) is 0.750. The standard InChI is InChI=1S/C24H42N4O/c1-18(23(3,4)5)17-28-11-9-24(10-12-28)14-20(15-24)29-13-7-8-22(26)21(16-27-6)19(2)25/h7-8,16,18,20,25-27H,9-15,17H2,1-6H3/b8-7-,21-16+,25-19?,26-22?. The van der Waals surface area contributed by atoms with Crippen LogP contribution in [0.25, 0.3) is 0 Å². The SMILES string of the molecule is CN/C=C(\C(C)=N)C(=N)/C=C\COC1CC2(CCN(CC(C)C(C)(C)C)CC2)C1. The number of hydrogen-bond donors (Lipinski definition) is 3. The first-order chi connectivity index (χ1) is 13.6. The number of piperidine rings is 1. The Morgan fingerprint density at radius 2 is 1.86 bits per heavy atom. The number of nitrogens with zero attached hydrogens (tertiary/aromatic N) is 1. The van der Waals surface area contributed by atoms with Crippen molar-refractivity contribution >= 4 is 11.4 Å².